The average molecular weight is 1010 g/mol. The Morgan fingerprint density at radius 3 is 1.26 bits per heavy atom. The molecule has 0 radical (unpaired) electrons. The van der Waals surface area contributed by atoms with Crippen LogP contribution >= 0.6 is 0 Å². The Morgan fingerprint density at radius 2 is 0.725 bits per heavy atom. The monoisotopic (exact) mass is 1010 g/mol. The molecule has 2 spiro atoms. The minimum Gasteiger partial charge on any atom is -0.310 e. The second-order valence-corrected chi connectivity index (χ2v) is 22.5. The molecule has 0 atom stereocenters. The number of anilines is 3. The summed E-state index contributed by atoms with van der Waals surface area (Å²) in [5.74, 6) is 0. The van der Waals surface area contributed by atoms with Crippen LogP contribution in [0.4, 0.5) is 17.1 Å². The van der Waals surface area contributed by atoms with Crippen LogP contribution in [0.2, 0.25) is 0 Å². The molecule has 0 N–H and O–H groups in total. The van der Waals surface area contributed by atoms with Crippen LogP contribution < -0.4 is 21.4 Å². The van der Waals surface area contributed by atoms with Gasteiger partial charge in [-0.1, -0.05) is 249 Å². The van der Waals surface area contributed by atoms with Crippen LogP contribution in [-0.2, 0) is 10.8 Å². The van der Waals surface area contributed by atoms with Gasteiger partial charge < -0.3 is 4.90 Å². The summed E-state index contributed by atoms with van der Waals surface area (Å²) in [6, 6.07) is 98.7. The van der Waals surface area contributed by atoms with Gasteiger partial charge in [0.05, 0.1) is 38.8 Å². The van der Waals surface area contributed by atoms with Gasteiger partial charge in [-0.25, -0.2) is 0 Å². The first-order chi connectivity index (χ1) is 39.7. The molecule has 12 aromatic carbocycles. The van der Waals surface area contributed by atoms with E-state index in [0.29, 0.717) is 5.39 Å². The molecule has 0 fully saturated rings. The molecule has 0 unspecified atom stereocenters. The van der Waals surface area contributed by atoms with Crippen LogP contribution in [-0.4, -0.2) is 16.1 Å². The molecule has 5 heteroatoms. The smallest absolute Gasteiger partial charge is 0.310 e. The summed E-state index contributed by atoms with van der Waals surface area (Å²) in [4.78, 5) is 19.5. The van der Waals surface area contributed by atoms with Crippen molar-refractivity contribution in [1.29, 1.82) is 0 Å². The molecule has 368 valence electrons. The Hall–Kier alpha value is -10.2. The van der Waals surface area contributed by atoms with Crippen molar-refractivity contribution in [3.63, 3.8) is 0 Å². The first-order valence-electron chi connectivity index (χ1n) is 27.9. The number of hydrogen-bond acceptors (Lipinski definition) is 2. The Morgan fingerprint density at radius 1 is 0.312 bits per heavy atom. The van der Waals surface area contributed by atoms with Crippen LogP contribution in [0.1, 0.15) is 44.5 Å². The molecule has 80 heavy (non-hydrogen) atoms. The number of rotatable bonds is 4. The summed E-state index contributed by atoms with van der Waals surface area (Å²) < 4.78 is 4.46. The molecule has 4 aliphatic heterocycles. The van der Waals surface area contributed by atoms with Crippen LogP contribution in [0.15, 0.2) is 272 Å². The van der Waals surface area contributed by atoms with Crippen LogP contribution in [0.25, 0.3) is 83.4 Å². The summed E-state index contributed by atoms with van der Waals surface area (Å²) in [6.07, 6.45) is 0. The Labute approximate surface area is 462 Å². The lowest BCUT2D eigenvalue weighted by molar-refractivity contribution is 0.709. The molecular weight excluding hydrogens is 970 g/mol. The molecule has 5 heterocycles. The highest BCUT2D eigenvalue weighted by Crippen LogP contribution is 2.70. The molecule has 0 saturated carbocycles. The minimum atomic E-state index is -0.681. The fraction of sp³-hybridized carbons (Fsp3) is 0.0267. The number of aromatic nitrogens is 2. The zero-order valence-corrected chi connectivity index (χ0v) is 43.2. The molecule has 4 nitrogen and oxygen atoms in total. The van der Waals surface area contributed by atoms with Crippen molar-refractivity contribution in [3.05, 3.63) is 322 Å². The average Bonchev–Trinajstić information content (AvgIpc) is 2.73. The van der Waals surface area contributed by atoms with Gasteiger partial charge in [-0.3, -0.25) is 14.1 Å². The van der Waals surface area contributed by atoms with Crippen LogP contribution in [0, 0.1) is 0 Å². The number of nitrogens with zero attached hydrogens (tertiary/aromatic N) is 3. The molecule has 0 saturated heterocycles. The van der Waals surface area contributed by atoms with E-state index in [2.05, 4.69) is 281 Å². The SMILES string of the molecule is O=c1c2c(-c3ccccc3-c3ccccc3)cc(-c3ccccc3-c3ccccc3)cc2n2n1B1c3cccc4c3N3c5c(cccc5C5(c6ccccc6-c6ccccc65)c5ccc-2c1c53)C41c2ccccc2-c2ccccc21. The zero-order chi connectivity index (χ0) is 52.2. The molecule has 0 amide bonds. The van der Waals surface area contributed by atoms with Gasteiger partial charge in [0.1, 0.15) is 0 Å². The first-order valence-corrected chi connectivity index (χ1v) is 27.9. The van der Waals surface area contributed by atoms with E-state index in [4.69, 9.17) is 0 Å². The van der Waals surface area contributed by atoms with E-state index in [1.54, 1.807) is 0 Å². The summed E-state index contributed by atoms with van der Waals surface area (Å²) in [7, 11) is 0. The third kappa shape index (κ3) is 4.88. The molecule has 6 aliphatic rings. The van der Waals surface area contributed by atoms with Crippen molar-refractivity contribution in [2.24, 2.45) is 0 Å². The lowest BCUT2D eigenvalue weighted by atomic mass is 9.45. The van der Waals surface area contributed by atoms with E-state index in [1.165, 1.54) is 83.8 Å². The van der Waals surface area contributed by atoms with E-state index in [0.717, 1.165) is 66.6 Å². The second kappa shape index (κ2) is 15.1. The van der Waals surface area contributed by atoms with Crippen LogP contribution in [0.3, 0.4) is 0 Å². The highest BCUT2D eigenvalue weighted by atomic mass is 16.1. The molecule has 0 bridgehead atoms. The number of fused-ring (bicyclic) bond motifs is 20. The first kappa shape index (κ1) is 42.8. The minimum absolute atomic E-state index is 0.00740. The summed E-state index contributed by atoms with van der Waals surface area (Å²) in [6.45, 7) is -0.456. The number of benzene rings is 12. The fourth-order valence-electron chi connectivity index (χ4n) is 16.4. The molecule has 19 rings (SSSR count). The summed E-state index contributed by atoms with van der Waals surface area (Å²) in [5, 5.41) is 0.711. The third-order valence-corrected chi connectivity index (χ3v) is 19.1. The lowest BCUT2D eigenvalue weighted by Gasteiger charge is -2.54. The Bertz CT molecular complexity index is 4900. The predicted octanol–water partition coefficient (Wildman–Crippen LogP) is 15.6. The topological polar surface area (TPSA) is 30.2 Å². The van der Waals surface area contributed by atoms with Crippen molar-refractivity contribution in [3.8, 4) is 72.4 Å². The predicted molar refractivity (Wildman–Crippen MR) is 326 cm³/mol. The van der Waals surface area contributed by atoms with Gasteiger partial charge in [0.2, 0.25) is 0 Å². The summed E-state index contributed by atoms with van der Waals surface area (Å²) in [5.41, 5.74) is 30.2. The molecule has 13 aromatic rings. The summed E-state index contributed by atoms with van der Waals surface area (Å²) >= 11 is 0. The van der Waals surface area contributed by atoms with Crippen molar-refractivity contribution in [2.45, 2.75) is 10.8 Å². The number of para-hydroxylation sites is 2. The third-order valence-electron chi connectivity index (χ3n) is 19.1. The van der Waals surface area contributed by atoms with E-state index in [1.807, 2.05) is 0 Å². The van der Waals surface area contributed by atoms with Crippen LogP contribution in [0.5, 0.6) is 0 Å². The largest absolute Gasteiger partial charge is 0.357 e. The van der Waals surface area contributed by atoms with Gasteiger partial charge in [0, 0.05) is 11.2 Å². The maximum Gasteiger partial charge on any atom is 0.357 e. The Kier molecular flexibility index (Phi) is 8.07. The van der Waals surface area contributed by atoms with Crippen molar-refractivity contribution < 1.29 is 0 Å². The highest BCUT2D eigenvalue weighted by Gasteiger charge is 2.62. The maximum atomic E-state index is 16.8. The molecule has 2 aliphatic carbocycles. The normalized spacial score (nSPS) is 14.7. The van der Waals surface area contributed by atoms with E-state index < -0.39 is 17.7 Å². The van der Waals surface area contributed by atoms with Crippen molar-refractivity contribution in [1.82, 2.24) is 9.27 Å². The van der Waals surface area contributed by atoms with Crippen molar-refractivity contribution in [2.75, 3.05) is 4.90 Å². The van der Waals surface area contributed by atoms with E-state index in [-0.39, 0.29) is 5.56 Å². The van der Waals surface area contributed by atoms with Gasteiger partial charge in [-0.15, -0.1) is 0 Å². The molecule has 1 aromatic heterocycles. The zero-order valence-electron chi connectivity index (χ0n) is 43.2. The van der Waals surface area contributed by atoms with Gasteiger partial charge in [-0.05, 0) is 135 Å². The number of hydrogen-bond donors (Lipinski definition) is 0. The Balaban J connectivity index is 0.991. The van der Waals surface area contributed by atoms with Gasteiger partial charge in [-0.2, -0.15) is 0 Å². The van der Waals surface area contributed by atoms with E-state index in [9.17, 15) is 0 Å². The maximum absolute atomic E-state index is 16.8. The standard InChI is InChI=1S/C75H44BN3O/c80-73-68-56(51-28-10-9-26-49(51)46-23-5-2-6-24-46)43-47(50-27-8-7-25-48(50)45-21-3-1-4-22-45)44-67(68)78-66-42-41-64-72-69(66)76(79(73)78)65-40-20-39-63-71(65)77(72)70-61(74(63)57-33-15-11-29-52(57)53-30-12-16-34-58(53)74)37-19-38-62(70)75(64)59-35-17-13-31-54(59)55-32-14-18-36-60(55)75/h1-44H. The quantitative estimate of drug-likeness (QED) is 0.164. The van der Waals surface area contributed by atoms with Gasteiger partial charge in [0.25, 0.3) is 5.56 Å². The van der Waals surface area contributed by atoms with Gasteiger partial charge >= 0.3 is 6.85 Å². The molecular formula is C75H44BN3O. The van der Waals surface area contributed by atoms with E-state index >= 15 is 4.79 Å². The highest BCUT2D eigenvalue weighted by molar-refractivity contribution is 6.89. The second-order valence-electron chi connectivity index (χ2n) is 22.5. The van der Waals surface area contributed by atoms with Gasteiger partial charge in [0.15, 0.2) is 0 Å². The fourth-order valence-corrected chi connectivity index (χ4v) is 16.4. The lowest BCUT2D eigenvalue weighted by Crippen LogP contribution is -2.59. The van der Waals surface area contributed by atoms with Crippen molar-refractivity contribution >= 4 is 45.7 Å².